The minimum Gasteiger partial charge on any atom is -0.310 e. The van der Waals surface area contributed by atoms with Crippen molar-refractivity contribution in [2.45, 2.75) is 209 Å². The van der Waals surface area contributed by atoms with Crippen LogP contribution in [0.1, 0.15) is 211 Å². The lowest BCUT2D eigenvalue weighted by Crippen LogP contribution is -2.16. The summed E-state index contributed by atoms with van der Waals surface area (Å²) in [6.07, 6.45) is 0. The molecule has 2 heterocycles. The smallest absolute Gasteiger partial charge is 0.0561 e. The molecular formula is C92H106N4. The fourth-order valence-electron chi connectivity index (χ4n) is 14.0. The second-order valence-electron chi connectivity index (χ2n) is 35.9. The minimum absolute atomic E-state index is 0.0403. The maximum absolute atomic E-state index is 2.60. The second kappa shape index (κ2) is 23.6. The van der Waals surface area contributed by atoms with E-state index in [9.17, 15) is 0 Å². The first-order chi connectivity index (χ1) is 44.6. The van der Waals surface area contributed by atoms with E-state index in [0.29, 0.717) is 0 Å². The molecule has 0 aliphatic rings. The van der Waals surface area contributed by atoms with Crippen LogP contribution in [0, 0.1) is 0 Å². The van der Waals surface area contributed by atoms with E-state index in [1.165, 1.54) is 88.1 Å². The van der Waals surface area contributed by atoms with Crippen molar-refractivity contribution in [3.05, 3.63) is 251 Å². The summed E-state index contributed by atoms with van der Waals surface area (Å²) in [5, 5.41) is 5.01. The molecule has 4 nitrogen and oxygen atoms in total. The molecular weight excluding hydrogens is 1160 g/mol. The van der Waals surface area contributed by atoms with Gasteiger partial charge in [0, 0.05) is 61.2 Å². The third-order valence-corrected chi connectivity index (χ3v) is 20.2. The van der Waals surface area contributed by atoms with Crippen molar-refractivity contribution in [3.8, 4) is 22.5 Å². The highest BCUT2D eigenvalue weighted by Crippen LogP contribution is 2.50. The fourth-order valence-corrected chi connectivity index (χ4v) is 14.0. The van der Waals surface area contributed by atoms with E-state index in [-0.39, 0.29) is 43.3 Å². The van der Waals surface area contributed by atoms with Gasteiger partial charge in [-0.1, -0.05) is 245 Å². The molecule has 4 heteroatoms. The van der Waals surface area contributed by atoms with Crippen molar-refractivity contribution in [1.29, 1.82) is 0 Å². The Morgan fingerprint density at radius 2 is 0.417 bits per heavy atom. The zero-order valence-corrected chi connectivity index (χ0v) is 62.4. The zero-order chi connectivity index (χ0) is 69.4. The standard InChI is InChI=1S/C92H106N4/c1-85(2,3)60-28-40-68(41-29-60)93(69-42-30-61(31-43-69)86(4,5)6)72-52-59(53-73(58-72)94(70-44-32-62(33-45-70)87(7,8)9)71-46-34-63(35-47-71)88(10,11)12)84-82(95-78-48-36-64(89(13,14)15)54-74(78)75-55-65(90(16,17)18)37-49-79(75)95)26-25-27-83(84)96-80-50-38-66(91(19,20)21)56-76(80)77-57-67(92(22,23)24)39-51-81(77)96/h25-58H,1-24H3. The number of fused-ring (bicyclic) bond motifs is 6. The molecule has 0 aliphatic heterocycles. The molecule has 0 atom stereocenters. The predicted molar refractivity (Wildman–Crippen MR) is 420 cm³/mol. The highest BCUT2D eigenvalue weighted by molar-refractivity contribution is 6.13. The van der Waals surface area contributed by atoms with Gasteiger partial charge in [0.05, 0.1) is 33.4 Å². The van der Waals surface area contributed by atoms with E-state index >= 15 is 0 Å². The topological polar surface area (TPSA) is 16.3 Å². The number of rotatable bonds is 9. The molecule has 2 aromatic heterocycles. The number of hydrogen-bond donors (Lipinski definition) is 0. The average molecular weight is 1270 g/mol. The Hall–Kier alpha value is -8.60. The molecule has 0 fully saturated rings. The minimum atomic E-state index is -0.0690. The maximum atomic E-state index is 2.60. The molecule has 0 unspecified atom stereocenters. The van der Waals surface area contributed by atoms with Crippen molar-refractivity contribution in [3.63, 3.8) is 0 Å². The highest BCUT2D eigenvalue weighted by Gasteiger charge is 2.30. The molecule has 12 rings (SSSR count). The first kappa shape index (κ1) is 67.4. The van der Waals surface area contributed by atoms with Crippen LogP contribution >= 0.6 is 0 Å². The highest BCUT2D eigenvalue weighted by atomic mass is 15.2. The Morgan fingerprint density at radius 1 is 0.208 bits per heavy atom. The summed E-state index contributed by atoms with van der Waals surface area (Å²) in [7, 11) is 0. The zero-order valence-electron chi connectivity index (χ0n) is 62.4. The molecule has 0 bridgehead atoms. The van der Waals surface area contributed by atoms with Crippen molar-refractivity contribution in [2.75, 3.05) is 9.80 Å². The van der Waals surface area contributed by atoms with E-state index in [1.54, 1.807) is 0 Å². The van der Waals surface area contributed by atoms with Crippen LogP contribution in [0.4, 0.5) is 34.1 Å². The molecule has 96 heavy (non-hydrogen) atoms. The summed E-state index contributed by atoms with van der Waals surface area (Å²) >= 11 is 0. The van der Waals surface area contributed by atoms with Gasteiger partial charge in [0.25, 0.3) is 0 Å². The number of hydrogen-bond acceptors (Lipinski definition) is 2. The van der Waals surface area contributed by atoms with Gasteiger partial charge in [-0.05, 0) is 221 Å². The van der Waals surface area contributed by atoms with Crippen LogP contribution in [0.25, 0.3) is 66.1 Å². The molecule has 12 aromatic rings. The third-order valence-electron chi connectivity index (χ3n) is 20.2. The maximum Gasteiger partial charge on any atom is 0.0561 e. The lowest BCUT2D eigenvalue weighted by atomic mass is 9.85. The van der Waals surface area contributed by atoms with Crippen molar-refractivity contribution in [1.82, 2.24) is 9.13 Å². The van der Waals surface area contributed by atoms with Crippen molar-refractivity contribution >= 4 is 77.7 Å². The van der Waals surface area contributed by atoms with Crippen LogP contribution in [0.2, 0.25) is 0 Å². The van der Waals surface area contributed by atoms with Crippen LogP contribution in [0.5, 0.6) is 0 Å². The van der Waals surface area contributed by atoms with Gasteiger partial charge in [-0.2, -0.15) is 0 Å². The lowest BCUT2D eigenvalue weighted by molar-refractivity contribution is 0.590. The van der Waals surface area contributed by atoms with Crippen molar-refractivity contribution < 1.29 is 0 Å². The van der Waals surface area contributed by atoms with E-state index in [0.717, 1.165) is 56.6 Å². The number of nitrogens with zero attached hydrogens (tertiary/aromatic N) is 4. The normalized spacial score (nSPS) is 13.2. The largest absolute Gasteiger partial charge is 0.310 e. The van der Waals surface area contributed by atoms with Gasteiger partial charge in [0.2, 0.25) is 0 Å². The molecule has 0 radical (unpaired) electrons. The van der Waals surface area contributed by atoms with E-state index < -0.39 is 0 Å². The van der Waals surface area contributed by atoms with E-state index in [4.69, 9.17) is 0 Å². The Balaban J connectivity index is 1.29. The van der Waals surface area contributed by atoms with Crippen LogP contribution in [0.15, 0.2) is 206 Å². The first-order valence-electron chi connectivity index (χ1n) is 35.1. The molecule has 0 amide bonds. The lowest BCUT2D eigenvalue weighted by Gasteiger charge is -2.32. The van der Waals surface area contributed by atoms with Crippen LogP contribution in [0.3, 0.4) is 0 Å². The Bertz CT molecular complexity index is 4320. The van der Waals surface area contributed by atoms with Gasteiger partial charge in [-0.15, -0.1) is 0 Å². The van der Waals surface area contributed by atoms with Crippen LogP contribution in [-0.2, 0) is 43.3 Å². The molecule has 0 N–H and O–H groups in total. The predicted octanol–water partition coefficient (Wildman–Crippen LogP) is 26.9. The molecule has 0 saturated carbocycles. The summed E-state index contributed by atoms with van der Waals surface area (Å²) < 4.78 is 5.20. The first-order valence-corrected chi connectivity index (χ1v) is 35.1. The fraction of sp³-hybridized carbons (Fsp3) is 0.348. The summed E-state index contributed by atoms with van der Waals surface area (Å²) in [5.74, 6) is 0. The van der Waals surface area contributed by atoms with Gasteiger partial charge < -0.3 is 18.9 Å². The number of anilines is 6. The Morgan fingerprint density at radius 3 is 0.625 bits per heavy atom. The summed E-state index contributed by atoms with van der Waals surface area (Å²) in [6, 6.07) is 81.0. The number of benzene rings is 10. The SMILES string of the molecule is CC(C)(C)c1ccc(N(c2ccc(C(C)(C)C)cc2)c2cc(-c3c(-n4c5ccc(C(C)(C)C)cc5c5cc(C(C)(C)C)ccc54)cccc3-n3c4ccc(C(C)(C)C)cc4c4cc(C(C)(C)C)ccc43)cc(N(c3ccc(C(C)(C)C)cc3)c3ccc(C(C)(C)C)cc3)c2)cc1. The van der Waals surface area contributed by atoms with Crippen LogP contribution < -0.4 is 9.80 Å². The Kier molecular flexibility index (Phi) is 16.6. The average Bonchev–Trinajstić information content (AvgIpc) is 1.53. The summed E-state index contributed by atoms with van der Waals surface area (Å²) in [4.78, 5) is 5.01. The molecule has 494 valence electrons. The second-order valence-corrected chi connectivity index (χ2v) is 35.9. The van der Waals surface area contributed by atoms with Gasteiger partial charge in [0.1, 0.15) is 0 Å². The number of aromatic nitrogens is 2. The summed E-state index contributed by atoms with van der Waals surface area (Å²) in [5.41, 5.74) is 25.5. The van der Waals surface area contributed by atoms with Gasteiger partial charge in [-0.3, -0.25) is 0 Å². The van der Waals surface area contributed by atoms with E-state index in [1.807, 2.05) is 0 Å². The third kappa shape index (κ3) is 12.9. The molecule has 0 spiro atoms. The van der Waals surface area contributed by atoms with Crippen molar-refractivity contribution in [2.24, 2.45) is 0 Å². The molecule has 0 saturated heterocycles. The molecule has 0 aliphatic carbocycles. The van der Waals surface area contributed by atoms with Crippen LogP contribution in [-0.4, -0.2) is 9.13 Å². The van der Waals surface area contributed by atoms with Gasteiger partial charge >= 0.3 is 0 Å². The monoisotopic (exact) mass is 1270 g/mol. The van der Waals surface area contributed by atoms with E-state index in [2.05, 4.69) is 391 Å². The van der Waals surface area contributed by atoms with Gasteiger partial charge in [0.15, 0.2) is 0 Å². The quantitative estimate of drug-likeness (QED) is 0.143. The Labute approximate surface area is 576 Å². The summed E-state index contributed by atoms with van der Waals surface area (Å²) in [6.45, 7) is 55.7. The van der Waals surface area contributed by atoms with Gasteiger partial charge in [-0.25, -0.2) is 0 Å². The molecule has 10 aromatic carbocycles.